The number of aryl methyl sites for hydroxylation is 1. The van der Waals surface area contributed by atoms with Crippen LogP contribution in [0.1, 0.15) is 34.8 Å². The second-order valence-corrected chi connectivity index (χ2v) is 5.06. The van der Waals surface area contributed by atoms with Gasteiger partial charge in [0.2, 0.25) is 5.43 Å². The number of carbonyl (C=O) groups is 1. The molecule has 20 heavy (non-hydrogen) atoms. The van der Waals surface area contributed by atoms with Gasteiger partial charge in [0.15, 0.2) is 17.9 Å². The van der Waals surface area contributed by atoms with E-state index in [-0.39, 0.29) is 28.1 Å². The molecule has 104 valence electrons. The normalized spacial score (nSPS) is 14.8. The number of nitrogens with two attached hydrogens (primary N) is 1. The van der Waals surface area contributed by atoms with Gasteiger partial charge in [0.1, 0.15) is 0 Å². The Morgan fingerprint density at radius 3 is 2.55 bits per heavy atom. The Bertz CT molecular complexity index is 807. The van der Waals surface area contributed by atoms with Crippen LogP contribution < -0.4 is 11.2 Å². The predicted octanol–water partition coefficient (Wildman–Crippen LogP) is 2.32. The third-order valence-electron chi connectivity index (χ3n) is 3.71. The van der Waals surface area contributed by atoms with Crippen molar-refractivity contribution in [1.82, 2.24) is 4.57 Å². The lowest BCUT2D eigenvalue weighted by atomic mass is 10.0. The molecule has 2 N–H and O–H groups in total. The number of aldehydes is 1. The van der Waals surface area contributed by atoms with E-state index in [0.717, 1.165) is 12.8 Å². The number of benzene rings is 1. The van der Waals surface area contributed by atoms with Crippen LogP contribution in [0.4, 0.5) is 14.5 Å². The smallest absolute Gasteiger partial charge is 0.202 e. The van der Waals surface area contributed by atoms with Crippen molar-refractivity contribution in [3.05, 3.63) is 39.2 Å². The quantitative estimate of drug-likeness (QED) is 0.677. The molecule has 0 amide bonds. The molecule has 1 heterocycles. The molecule has 0 atom stereocenters. The fourth-order valence-electron chi connectivity index (χ4n) is 2.51. The molecule has 1 aliphatic carbocycles. The molecule has 0 aliphatic heterocycles. The van der Waals surface area contributed by atoms with Crippen molar-refractivity contribution >= 4 is 22.9 Å². The molecule has 1 aromatic heterocycles. The number of fused-ring (bicyclic) bond motifs is 1. The van der Waals surface area contributed by atoms with Gasteiger partial charge in [-0.15, -0.1) is 0 Å². The van der Waals surface area contributed by atoms with Crippen LogP contribution >= 0.6 is 0 Å². The van der Waals surface area contributed by atoms with Crippen LogP contribution in [0.5, 0.6) is 0 Å². The molecule has 4 nitrogen and oxygen atoms in total. The van der Waals surface area contributed by atoms with Gasteiger partial charge in [-0.25, -0.2) is 8.78 Å². The first-order chi connectivity index (χ1) is 9.47. The highest BCUT2D eigenvalue weighted by molar-refractivity contribution is 5.96. The monoisotopic (exact) mass is 278 g/mol. The van der Waals surface area contributed by atoms with E-state index in [1.807, 2.05) is 0 Å². The number of anilines is 1. The third kappa shape index (κ3) is 1.57. The summed E-state index contributed by atoms with van der Waals surface area (Å²) in [4.78, 5) is 23.2. The van der Waals surface area contributed by atoms with Gasteiger partial charge in [-0.1, -0.05) is 0 Å². The highest BCUT2D eigenvalue weighted by atomic mass is 19.2. The van der Waals surface area contributed by atoms with Gasteiger partial charge in [-0.05, 0) is 19.8 Å². The summed E-state index contributed by atoms with van der Waals surface area (Å²) in [6.45, 7) is 1.40. The van der Waals surface area contributed by atoms with Crippen LogP contribution in [0.2, 0.25) is 0 Å². The SMILES string of the molecule is Cc1c(F)c(F)c(N)c2c(=O)c(C=O)cn(C3CC3)c12. The minimum Gasteiger partial charge on any atom is -0.396 e. The molecule has 6 heteroatoms. The topological polar surface area (TPSA) is 65.1 Å². The number of carbonyl (C=O) groups excluding carboxylic acids is 1. The van der Waals surface area contributed by atoms with Gasteiger partial charge < -0.3 is 10.3 Å². The van der Waals surface area contributed by atoms with Crippen molar-refractivity contribution in [2.75, 3.05) is 5.73 Å². The number of nitrogen functional groups attached to an aromatic ring is 1. The minimum atomic E-state index is -1.24. The second kappa shape index (κ2) is 4.13. The zero-order chi connectivity index (χ0) is 14.6. The van der Waals surface area contributed by atoms with Crippen LogP contribution in [0.3, 0.4) is 0 Å². The Kier molecular flexibility index (Phi) is 2.64. The molecule has 0 radical (unpaired) electrons. The van der Waals surface area contributed by atoms with Gasteiger partial charge >= 0.3 is 0 Å². The largest absolute Gasteiger partial charge is 0.396 e. The summed E-state index contributed by atoms with van der Waals surface area (Å²) in [6.07, 6.45) is 3.55. The number of pyridine rings is 1. The lowest BCUT2D eigenvalue weighted by Crippen LogP contribution is -2.18. The molecule has 0 bridgehead atoms. The van der Waals surface area contributed by atoms with Crippen LogP contribution in [-0.4, -0.2) is 10.9 Å². The van der Waals surface area contributed by atoms with Crippen LogP contribution in [0.15, 0.2) is 11.0 Å². The van der Waals surface area contributed by atoms with Gasteiger partial charge in [0, 0.05) is 17.8 Å². The van der Waals surface area contributed by atoms with Crippen LogP contribution in [0, 0.1) is 18.6 Å². The molecule has 1 saturated carbocycles. The summed E-state index contributed by atoms with van der Waals surface area (Å²) in [5.41, 5.74) is 4.58. The van der Waals surface area contributed by atoms with Crippen molar-refractivity contribution in [2.45, 2.75) is 25.8 Å². The molecule has 0 spiro atoms. The maximum atomic E-state index is 13.9. The lowest BCUT2D eigenvalue weighted by Gasteiger charge is -2.16. The summed E-state index contributed by atoms with van der Waals surface area (Å²) >= 11 is 0. The Labute approximate surface area is 112 Å². The van der Waals surface area contributed by atoms with Crippen molar-refractivity contribution in [3.63, 3.8) is 0 Å². The maximum Gasteiger partial charge on any atom is 0.202 e. The van der Waals surface area contributed by atoms with Gasteiger partial charge in [-0.2, -0.15) is 0 Å². The van der Waals surface area contributed by atoms with E-state index in [1.165, 1.54) is 13.1 Å². The van der Waals surface area contributed by atoms with Crippen molar-refractivity contribution in [2.24, 2.45) is 0 Å². The average Bonchev–Trinajstić information content (AvgIpc) is 3.26. The highest BCUT2D eigenvalue weighted by Crippen LogP contribution is 2.39. The molecule has 0 unspecified atom stereocenters. The standard InChI is InChI=1S/C14H12F2N2O2/c1-6-10(15)11(16)12(17)9-13(6)18(8-2-3-8)4-7(5-19)14(9)20/h4-5,8H,2-3,17H2,1H3. The molecule has 1 fully saturated rings. The number of rotatable bonds is 2. The molecule has 0 saturated heterocycles. The van der Waals surface area contributed by atoms with E-state index in [2.05, 4.69) is 0 Å². The highest BCUT2D eigenvalue weighted by Gasteiger charge is 2.29. The first-order valence-electron chi connectivity index (χ1n) is 6.24. The third-order valence-corrected chi connectivity index (χ3v) is 3.71. The summed E-state index contributed by atoms with van der Waals surface area (Å²) < 4.78 is 29.3. The molecule has 3 rings (SSSR count). The van der Waals surface area contributed by atoms with E-state index >= 15 is 0 Å². The van der Waals surface area contributed by atoms with E-state index in [9.17, 15) is 18.4 Å². The molecular formula is C14H12F2N2O2. The number of hydrogen-bond donors (Lipinski definition) is 1. The average molecular weight is 278 g/mol. The van der Waals surface area contributed by atoms with E-state index < -0.39 is 22.8 Å². The first kappa shape index (κ1) is 12.8. The van der Waals surface area contributed by atoms with Crippen molar-refractivity contribution in [3.8, 4) is 0 Å². The number of nitrogens with zero attached hydrogens (tertiary/aromatic N) is 1. The van der Waals surface area contributed by atoms with E-state index in [1.54, 1.807) is 4.57 Å². The van der Waals surface area contributed by atoms with Crippen LogP contribution in [-0.2, 0) is 0 Å². The molecular weight excluding hydrogens is 266 g/mol. The number of aromatic nitrogens is 1. The van der Waals surface area contributed by atoms with Gasteiger partial charge in [0.05, 0.1) is 22.2 Å². The van der Waals surface area contributed by atoms with E-state index in [4.69, 9.17) is 5.73 Å². The van der Waals surface area contributed by atoms with Crippen molar-refractivity contribution in [1.29, 1.82) is 0 Å². The minimum absolute atomic E-state index is 0.0353. The molecule has 1 aromatic carbocycles. The Morgan fingerprint density at radius 2 is 2.00 bits per heavy atom. The van der Waals surface area contributed by atoms with Gasteiger partial charge in [0.25, 0.3) is 0 Å². The van der Waals surface area contributed by atoms with Gasteiger partial charge in [-0.3, -0.25) is 9.59 Å². The lowest BCUT2D eigenvalue weighted by molar-refractivity contribution is 0.112. The number of hydrogen-bond acceptors (Lipinski definition) is 3. The zero-order valence-electron chi connectivity index (χ0n) is 10.7. The second-order valence-electron chi connectivity index (χ2n) is 5.06. The first-order valence-corrected chi connectivity index (χ1v) is 6.24. The Hall–Kier alpha value is -2.24. The molecule has 2 aromatic rings. The van der Waals surface area contributed by atoms with Crippen LogP contribution in [0.25, 0.3) is 10.9 Å². The Morgan fingerprint density at radius 1 is 1.35 bits per heavy atom. The Balaban J connectivity index is 2.60. The summed E-state index contributed by atoms with van der Waals surface area (Å²) in [5, 5.41) is -0.113. The summed E-state index contributed by atoms with van der Waals surface area (Å²) in [5.74, 6) is -2.29. The number of halogens is 2. The zero-order valence-corrected chi connectivity index (χ0v) is 10.7. The predicted molar refractivity (Wildman–Crippen MR) is 70.9 cm³/mol. The fraction of sp³-hybridized carbons (Fsp3) is 0.286. The van der Waals surface area contributed by atoms with Crippen molar-refractivity contribution < 1.29 is 13.6 Å². The fourth-order valence-corrected chi connectivity index (χ4v) is 2.51. The van der Waals surface area contributed by atoms with E-state index in [0.29, 0.717) is 6.29 Å². The molecule has 1 aliphatic rings. The summed E-state index contributed by atoms with van der Waals surface area (Å²) in [6, 6.07) is 0.0970. The maximum absolute atomic E-state index is 13.9. The summed E-state index contributed by atoms with van der Waals surface area (Å²) in [7, 11) is 0.